The van der Waals surface area contributed by atoms with Crippen LogP contribution < -0.4 is 4.74 Å². The molecule has 136 valence electrons. The Labute approximate surface area is 150 Å². The van der Waals surface area contributed by atoms with Gasteiger partial charge < -0.3 is 9.84 Å². The molecule has 1 aliphatic heterocycles. The molecule has 1 N–H and O–H groups in total. The van der Waals surface area contributed by atoms with Gasteiger partial charge >= 0.3 is 6.11 Å². The van der Waals surface area contributed by atoms with Gasteiger partial charge in [0.1, 0.15) is 11.6 Å². The summed E-state index contributed by atoms with van der Waals surface area (Å²) < 4.78 is 69.4. The van der Waals surface area contributed by atoms with E-state index in [2.05, 4.69) is 4.74 Å². The van der Waals surface area contributed by atoms with E-state index in [1.807, 2.05) is 0 Å². The van der Waals surface area contributed by atoms with Crippen molar-refractivity contribution < 1.29 is 31.4 Å². The Bertz CT molecular complexity index is 1050. The van der Waals surface area contributed by atoms with Gasteiger partial charge in [-0.1, -0.05) is 11.8 Å². The number of benzene rings is 2. The monoisotopic (exact) mass is 401 g/mol. The number of rotatable bonds is 3. The third kappa shape index (κ3) is 3.25. The van der Waals surface area contributed by atoms with Crippen LogP contribution in [0.2, 0.25) is 0 Å². The molecule has 0 saturated heterocycles. The van der Waals surface area contributed by atoms with Crippen molar-refractivity contribution in [2.24, 2.45) is 0 Å². The number of halogens is 3. The molecule has 1 unspecified atom stereocenters. The summed E-state index contributed by atoms with van der Waals surface area (Å²) in [6.07, 6.45) is -5.63. The molecule has 26 heavy (non-hydrogen) atoms. The van der Waals surface area contributed by atoms with Crippen molar-refractivity contribution in [3.05, 3.63) is 47.3 Å². The van der Waals surface area contributed by atoms with E-state index in [4.69, 9.17) is 5.26 Å². The Balaban J connectivity index is 2.15. The van der Waals surface area contributed by atoms with E-state index in [0.29, 0.717) is 0 Å². The Morgan fingerprint density at radius 3 is 2.62 bits per heavy atom. The highest BCUT2D eigenvalue weighted by molar-refractivity contribution is 7.99. The van der Waals surface area contributed by atoms with Gasteiger partial charge in [-0.2, -0.15) is 14.0 Å². The summed E-state index contributed by atoms with van der Waals surface area (Å²) in [5, 5.41) is 18.7. The van der Waals surface area contributed by atoms with E-state index >= 15 is 0 Å². The normalized spacial score (nSPS) is 18.1. The lowest BCUT2D eigenvalue weighted by Gasteiger charge is -2.12. The fourth-order valence-electron chi connectivity index (χ4n) is 2.50. The van der Waals surface area contributed by atoms with Crippen LogP contribution in [0.1, 0.15) is 17.2 Å². The van der Waals surface area contributed by atoms with Gasteiger partial charge in [-0.05, 0) is 30.3 Å². The Hall–Kier alpha value is -2.22. The van der Waals surface area contributed by atoms with Crippen LogP contribution in [0.3, 0.4) is 0 Å². The van der Waals surface area contributed by atoms with E-state index in [-0.39, 0.29) is 15.4 Å². The zero-order valence-electron chi connectivity index (χ0n) is 13.0. The summed E-state index contributed by atoms with van der Waals surface area (Å²) >= 11 is 0.803. The van der Waals surface area contributed by atoms with Gasteiger partial charge in [-0.15, -0.1) is 0 Å². The highest BCUT2D eigenvalue weighted by atomic mass is 32.2. The Morgan fingerprint density at radius 2 is 2.00 bits per heavy atom. The van der Waals surface area contributed by atoms with Crippen LogP contribution in [0.4, 0.5) is 13.2 Å². The molecule has 1 atom stereocenters. The maximum atomic E-state index is 13.8. The van der Waals surface area contributed by atoms with E-state index in [9.17, 15) is 26.7 Å². The second-order valence-electron chi connectivity index (χ2n) is 5.53. The molecule has 10 heteroatoms. The van der Waals surface area contributed by atoms with Gasteiger partial charge in [0, 0.05) is 11.2 Å². The van der Waals surface area contributed by atoms with E-state index in [1.54, 1.807) is 6.07 Å². The number of nitriles is 1. The second kappa shape index (κ2) is 6.19. The molecule has 1 aliphatic rings. The Kier molecular flexibility index (Phi) is 4.42. The minimum Gasteiger partial charge on any atom is -0.429 e. The average molecular weight is 401 g/mol. The van der Waals surface area contributed by atoms with Crippen molar-refractivity contribution >= 4 is 21.6 Å². The first-order valence-electron chi connectivity index (χ1n) is 7.03. The van der Waals surface area contributed by atoms with Gasteiger partial charge in [0.25, 0.3) is 0 Å². The molecule has 0 spiro atoms. The number of ether oxygens (including phenoxy) is 1. The molecule has 1 heterocycles. The van der Waals surface area contributed by atoms with Crippen molar-refractivity contribution in [3.63, 3.8) is 0 Å². The molecule has 0 amide bonds. The van der Waals surface area contributed by atoms with Crippen LogP contribution in [-0.4, -0.2) is 25.9 Å². The number of aliphatic hydroxyl groups excluding tert-OH is 1. The summed E-state index contributed by atoms with van der Waals surface area (Å²) in [5.74, 6) is -1.18. The fraction of sp³-hybridized carbons (Fsp3) is 0.188. The molecule has 0 radical (unpaired) electrons. The number of sulfone groups is 1. The van der Waals surface area contributed by atoms with Crippen molar-refractivity contribution in [1.82, 2.24) is 0 Å². The highest BCUT2D eigenvalue weighted by Gasteiger charge is 2.52. The molecule has 3 rings (SSSR count). The van der Waals surface area contributed by atoms with Crippen LogP contribution in [0.15, 0.2) is 45.0 Å². The average Bonchev–Trinajstić information content (AvgIpc) is 2.77. The van der Waals surface area contributed by atoms with Crippen molar-refractivity contribution in [1.29, 1.82) is 5.26 Å². The molecule has 0 bridgehead atoms. The summed E-state index contributed by atoms with van der Waals surface area (Å²) in [6, 6.07) is 7.52. The quantitative estimate of drug-likeness (QED) is 0.849. The number of alkyl halides is 2. The largest absolute Gasteiger partial charge is 0.429 e. The summed E-state index contributed by atoms with van der Waals surface area (Å²) in [6.45, 7) is 0. The smallest absolute Gasteiger partial charge is 0.429 e. The number of nitrogens with zero attached hydrogens (tertiary/aromatic N) is 1. The van der Waals surface area contributed by atoms with Crippen LogP contribution in [0.25, 0.3) is 0 Å². The minimum absolute atomic E-state index is 0.0307. The van der Waals surface area contributed by atoms with Crippen LogP contribution >= 0.6 is 11.8 Å². The summed E-state index contributed by atoms with van der Waals surface area (Å²) in [4.78, 5) is -0.194. The fourth-order valence-corrected chi connectivity index (χ4v) is 4.41. The maximum absolute atomic E-state index is 13.8. The molecule has 2 aromatic rings. The van der Waals surface area contributed by atoms with Crippen LogP contribution in [-0.2, 0) is 9.84 Å². The lowest BCUT2D eigenvalue weighted by Crippen LogP contribution is -2.26. The SMILES string of the molecule is CS(=O)(=O)c1ccc(Sc2cc(F)cc(C#N)c2)c2c1C(O)C(F)(F)O2. The van der Waals surface area contributed by atoms with Crippen molar-refractivity contribution in [2.45, 2.75) is 26.9 Å². The molecule has 0 aromatic heterocycles. The van der Waals surface area contributed by atoms with Crippen molar-refractivity contribution in [3.8, 4) is 11.8 Å². The lowest BCUT2D eigenvalue weighted by molar-refractivity contribution is -0.224. The number of hydrogen-bond acceptors (Lipinski definition) is 6. The molecular weight excluding hydrogens is 391 g/mol. The molecule has 0 fully saturated rings. The topological polar surface area (TPSA) is 87.4 Å². The number of hydrogen-bond donors (Lipinski definition) is 1. The lowest BCUT2D eigenvalue weighted by atomic mass is 10.1. The summed E-state index contributed by atoms with van der Waals surface area (Å²) in [5.41, 5.74) is -0.511. The molecule has 2 aromatic carbocycles. The maximum Gasteiger partial charge on any atom is 0.429 e. The molecular formula is C16H10F3NO4S2. The third-order valence-electron chi connectivity index (χ3n) is 3.58. The Morgan fingerprint density at radius 1 is 1.31 bits per heavy atom. The summed E-state index contributed by atoms with van der Waals surface area (Å²) in [7, 11) is -3.90. The van der Waals surface area contributed by atoms with Gasteiger partial charge in [-0.3, -0.25) is 0 Å². The van der Waals surface area contributed by atoms with Crippen LogP contribution in [0.5, 0.6) is 5.75 Å². The molecule has 0 aliphatic carbocycles. The number of fused-ring (bicyclic) bond motifs is 1. The molecule has 5 nitrogen and oxygen atoms in total. The van der Waals surface area contributed by atoms with Gasteiger partial charge in [0.15, 0.2) is 15.9 Å². The first-order valence-corrected chi connectivity index (χ1v) is 9.74. The predicted octanol–water partition coefficient (Wildman–Crippen LogP) is 3.27. The third-order valence-corrected chi connectivity index (χ3v) is 5.75. The predicted molar refractivity (Wildman–Crippen MR) is 85.3 cm³/mol. The minimum atomic E-state index is -4.00. The van der Waals surface area contributed by atoms with Crippen molar-refractivity contribution in [2.75, 3.05) is 6.26 Å². The first-order chi connectivity index (χ1) is 12.0. The van der Waals surface area contributed by atoms with Gasteiger partial charge in [-0.25, -0.2) is 12.8 Å². The number of aliphatic hydroxyl groups is 1. The van der Waals surface area contributed by atoms with E-state index in [1.165, 1.54) is 12.1 Å². The van der Waals surface area contributed by atoms with Crippen LogP contribution in [0, 0.1) is 17.1 Å². The van der Waals surface area contributed by atoms with E-state index < -0.39 is 44.1 Å². The standard InChI is InChI=1S/C16H10F3NO4S2/c1-26(22,23)12-3-2-11(14-13(12)15(21)16(18,19)24-14)25-10-5-8(7-20)4-9(17)6-10/h2-6,15,21H,1H3. The van der Waals surface area contributed by atoms with E-state index in [0.717, 1.165) is 36.2 Å². The molecule has 0 saturated carbocycles. The zero-order chi connectivity index (χ0) is 19.3. The zero-order valence-corrected chi connectivity index (χ0v) is 14.7. The first kappa shape index (κ1) is 18.6. The second-order valence-corrected chi connectivity index (χ2v) is 8.63. The highest BCUT2D eigenvalue weighted by Crippen LogP contribution is 2.52. The van der Waals surface area contributed by atoms with Gasteiger partial charge in [0.05, 0.1) is 27.0 Å². The van der Waals surface area contributed by atoms with Gasteiger partial charge in [0.2, 0.25) is 0 Å².